The van der Waals surface area contributed by atoms with E-state index in [2.05, 4.69) is 4.18 Å². The molecule has 0 saturated heterocycles. The first-order valence-electron chi connectivity index (χ1n) is 2.80. The van der Waals surface area contributed by atoms with Crippen LogP contribution in [0.25, 0.3) is 0 Å². The van der Waals surface area contributed by atoms with Crippen LogP contribution in [0.2, 0.25) is 0 Å². The summed E-state index contributed by atoms with van der Waals surface area (Å²) in [5.74, 6) is 0. The highest BCUT2D eigenvalue weighted by Gasteiger charge is 2.34. The molecule has 0 aliphatic carbocycles. The lowest BCUT2D eigenvalue weighted by atomic mass is 10.7. The summed E-state index contributed by atoms with van der Waals surface area (Å²) in [6.07, 6.45) is -4.31. The number of rotatable bonds is 3. The predicted molar refractivity (Wildman–Crippen MR) is 39.5 cm³/mol. The molecule has 10 heteroatoms. The largest absolute Gasteiger partial charge is 0.434 e. The van der Waals surface area contributed by atoms with Gasteiger partial charge in [0, 0.05) is 6.26 Å². The molecule has 0 radical (unpaired) electrons. The van der Waals surface area contributed by atoms with E-state index in [1.54, 1.807) is 0 Å². The van der Waals surface area contributed by atoms with Gasteiger partial charge in [-0.25, -0.2) is 8.77 Å². The highest BCUT2D eigenvalue weighted by atomic mass is 32.8. The molecule has 0 heterocycles. The van der Waals surface area contributed by atoms with Crippen LogP contribution in [0.15, 0.2) is 0 Å². The molecular formula is C3H8F3O5PS. The minimum Gasteiger partial charge on any atom is -0.310 e. The minimum atomic E-state index is -5.12. The molecule has 0 aromatic heterocycles. The third-order valence-electron chi connectivity index (χ3n) is 0.941. The summed E-state index contributed by atoms with van der Waals surface area (Å²) in [6, 6.07) is 0. The molecule has 0 saturated carbocycles. The molecule has 0 amide bonds. The Morgan fingerprint density at radius 2 is 1.85 bits per heavy atom. The second-order valence-corrected chi connectivity index (χ2v) is 8.84. The molecule has 0 aromatic rings. The summed E-state index contributed by atoms with van der Waals surface area (Å²) in [5, 5.41) is 0. The average Bonchev–Trinajstić information content (AvgIpc) is 1.79. The zero-order valence-electron chi connectivity index (χ0n) is 6.35. The van der Waals surface area contributed by atoms with E-state index < -0.39 is 29.4 Å². The first-order chi connectivity index (χ1) is 5.46. The molecule has 0 aliphatic heterocycles. The van der Waals surface area contributed by atoms with Crippen molar-refractivity contribution >= 4 is 16.6 Å². The van der Waals surface area contributed by atoms with Crippen LogP contribution in [0.1, 0.15) is 0 Å². The lowest BCUT2D eigenvalue weighted by Crippen LogP contribution is -2.23. The van der Waals surface area contributed by atoms with Crippen LogP contribution in [0.5, 0.6) is 0 Å². The Balaban J connectivity index is 4.39. The van der Waals surface area contributed by atoms with Gasteiger partial charge in [0.25, 0.3) is 0 Å². The summed E-state index contributed by atoms with van der Waals surface area (Å²) in [6.45, 7) is -7.06. The van der Waals surface area contributed by atoms with Gasteiger partial charge in [-0.3, -0.25) is 4.18 Å². The highest BCUT2D eigenvalue weighted by Crippen LogP contribution is 2.48. The standard InChI is InChI=1S/C3H8F3O5PS/c1-13(10,12(7,8)9)11-2-3(4,5)6/h13H,2H2,1H3,(H2,7,8,9). The van der Waals surface area contributed by atoms with Crippen molar-refractivity contribution in [2.45, 2.75) is 6.18 Å². The van der Waals surface area contributed by atoms with Gasteiger partial charge in [-0.2, -0.15) is 13.2 Å². The SMILES string of the molecule is C[SH](=O)(OCC(F)(F)F)P(=O)(O)O. The third-order valence-corrected chi connectivity index (χ3v) is 5.68. The zero-order valence-corrected chi connectivity index (χ0v) is 8.14. The number of hydrogen-bond donors (Lipinski definition) is 3. The molecule has 82 valence electrons. The first-order valence-corrected chi connectivity index (χ1v) is 7.19. The van der Waals surface area contributed by atoms with Crippen LogP contribution in [0, 0.1) is 0 Å². The number of alkyl halides is 3. The van der Waals surface area contributed by atoms with E-state index in [-0.39, 0.29) is 0 Å². The van der Waals surface area contributed by atoms with Crippen LogP contribution in [0.3, 0.4) is 0 Å². The Morgan fingerprint density at radius 1 is 1.46 bits per heavy atom. The van der Waals surface area contributed by atoms with Crippen molar-refractivity contribution in [1.82, 2.24) is 0 Å². The maximum atomic E-state index is 11.5. The van der Waals surface area contributed by atoms with Crippen LogP contribution >= 0.6 is 6.80 Å². The summed E-state index contributed by atoms with van der Waals surface area (Å²) >= 11 is 0. The summed E-state index contributed by atoms with van der Waals surface area (Å²) < 4.78 is 59.2. The second kappa shape index (κ2) is 3.66. The fourth-order valence-corrected chi connectivity index (χ4v) is 1.43. The summed E-state index contributed by atoms with van der Waals surface area (Å²) in [4.78, 5) is 16.6. The van der Waals surface area contributed by atoms with E-state index in [9.17, 15) is 21.9 Å². The Hall–Kier alpha value is 0.0500. The van der Waals surface area contributed by atoms with E-state index in [0.717, 1.165) is 0 Å². The fourth-order valence-electron chi connectivity index (χ4n) is 0.268. The zero-order chi connectivity index (χ0) is 10.9. The fraction of sp³-hybridized carbons (Fsp3) is 1.00. The molecule has 0 bridgehead atoms. The van der Waals surface area contributed by atoms with Crippen molar-refractivity contribution in [2.24, 2.45) is 0 Å². The van der Waals surface area contributed by atoms with Gasteiger partial charge in [0.1, 0.15) is 0 Å². The maximum absolute atomic E-state index is 11.5. The van der Waals surface area contributed by atoms with Gasteiger partial charge >= 0.3 is 13.0 Å². The van der Waals surface area contributed by atoms with Gasteiger partial charge in [-0.05, 0) is 0 Å². The molecule has 13 heavy (non-hydrogen) atoms. The van der Waals surface area contributed by atoms with Crippen molar-refractivity contribution in [3.05, 3.63) is 0 Å². The van der Waals surface area contributed by atoms with Gasteiger partial charge in [-0.1, -0.05) is 0 Å². The van der Waals surface area contributed by atoms with E-state index in [4.69, 9.17) is 9.79 Å². The summed E-state index contributed by atoms with van der Waals surface area (Å²) in [5.41, 5.74) is 0. The molecule has 2 N–H and O–H groups in total. The van der Waals surface area contributed by atoms with Gasteiger partial charge in [0.2, 0.25) is 0 Å². The van der Waals surface area contributed by atoms with Gasteiger partial charge in [-0.15, -0.1) is 9.83 Å². The van der Waals surface area contributed by atoms with E-state index in [1.165, 1.54) is 0 Å². The smallest absolute Gasteiger partial charge is 0.310 e. The van der Waals surface area contributed by atoms with Crippen molar-refractivity contribution < 1.29 is 35.9 Å². The predicted octanol–water partition coefficient (Wildman–Crippen LogP) is 0.219. The van der Waals surface area contributed by atoms with E-state index in [1.807, 2.05) is 0 Å². The van der Waals surface area contributed by atoms with Crippen molar-refractivity contribution in [3.8, 4) is 0 Å². The molecule has 0 unspecified atom stereocenters. The Labute approximate surface area is 72.4 Å². The van der Waals surface area contributed by atoms with Gasteiger partial charge in [0.15, 0.2) is 6.61 Å². The molecular weight excluding hydrogens is 236 g/mol. The monoisotopic (exact) mass is 244 g/mol. The number of thiol groups is 1. The van der Waals surface area contributed by atoms with E-state index in [0.29, 0.717) is 6.26 Å². The molecule has 0 rings (SSSR count). The normalized spacial score (nSPS) is 15.8. The molecule has 5 nitrogen and oxygen atoms in total. The first kappa shape index (κ1) is 13.1. The van der Waals surface area contributed by atoms with Crippen molar-refractivity contribution in [3.63, 3.8) is 0 Å². The van der Waals surface area contributed by atoms with Crippen LogP contribution in [0.4, 0.5) is 13.2 Å². The minimum absolute atomic E-state index is 0.458. The molecule has 0 atom stereocenters. The lowest BCUT2D eigenvalue weighted by molar-refractivity contribution is -0.151. The number of hydrogen-bond acceptors (Lipinski definition) is 3. The van der Waals surface area contributed by atoms with Crippen molar-refractivity contribution in [2.75, 3.05) is 12.9 Å². The highest BCUT2D eigenvalue weighted by molar-refractivity contribution is 8.52. The van der Waals surface area contributed by atoms with Crippen LogP contribution in [-0.2, 0) is 18.6 Å². The topological polar surface area (TPSA) is 83.8 Å². The molecule has 0 spiro atoms. The molecule has 0 fully saturated rings. The molecule has 0 aliphatic rings. The molecule has 0 aromatic carbocycles. The quantitative estimate of drug-likeness (QED) is 0.488. The maximum Gasteiger partial charge on any atom is 0.434 e. The number of halogens is 3. The van der Waals surface area contributed by atoms with Crippen LogP contribution in [-0.4, -0.2) is 33.0 Å². The third kappa shape index (κ3) is 4.72. The Morgan fingerprint density at radius 3 is 2.08 bits per heavy atom. The Kier molecular flexibility index (Phi) is 3.67. The second-order valence-electron chi connectivity index (χ2n) is 2.20. The Bertz CT molecular complexity index is 269. The lowest BCUT2D eigenvalue weighted by Gasteiger charge is -2.25. The van der Waals surface area contributed by atoms with E-state index >= 15 is 0 Å². The van der Waals surface area contributed by atoms with Gasteiger partial charge < -0.3 is 9.79 Å². The van der Waals surface area contributed by atoms with Crippen molar-refractivity contribution in [1.29, 1.82) is 0 Å². The van der Waals surface area contributed by atoms with Gasteiger partial charge in [0.05, 0.1) is 0 Å². The van der Waals surface area contributed by atoms with Crippen LogP contribution < -0.4 is 0 Å². The average molecular weight is 244 g/mol. The summed E-state index contributed by atoms with van der Waals surface area (Å²) in [7, 11) is -4.53.